The van der Waals surface area contributed by atoms with Crippen LogP contribution in [0, 0.1) is 6.92 Å². The lowest BCUT2D eigenvalue weighted by molar-refractivity contribution is 0.501. The predicted molar refractivity (Wildman–Crippen MR) is 60.4 cm³/mol. The molecular weight excluding hydrogens is 244 g/mol. The topological polar surface area (TPSA) is 54.4 Å². The summed E-state index contributed by atoms with van der Waals surface area (Å²) in [6.45, 7) is 2.13. The maximum absolute atomic E-state index is 8.95. The van der Waals surface area contributed by atoms with Gasteiger partial charge < -0.3 is 0 Å². The van der Waals surface area contributed by atoms with Gasteiger partial charge in [0.1, 0.15) is 0 Å². The number of thioether (sulfide) groups is 1. The highest BCUT2D eigenvalue weighted by molar-refractivity contribution is 8.09. The van der Waals surface area contributed by atoms with Gasteiger partial charge in [-0.15, -0.1) is 11.8 Å². The lowest BCUT2D eigenvalue weighted by atomic mass is 10.2. The Balaban J connectivity index is 0.000000292. The summed E-state index contributed by atoms with van der Waals surface area (Å²) >= 11 is 1.80. The van der Waals surface area contributed by atoms with Crippen LogP contribution < -0.4 is 0 Å². The zero-order chi connectivity index (χ0) is 11.2. The summed E-state index contributed by atoms with van der Waals surface area (Å²) in [5.74, 6) is 0. The fourth-order valence-corrected chi connectivity index (χ4v) is 1.39. The Morgan fingerprint density at radius 2 is 1.79 bits per heavy atom. The third-order valence-corrected chi connectivity index (χ3v) is 2.21. The normalized spacial score (nSPS) is 10.3. The average molecular weight is 255 g/mol. The number of benzene rings is 1. The molecule has 14 heavy (non-hydrogen) atoms. The third kappa shape index (κ3) is 8.37. The van der Waals surface area contributed by atoms with E-state index >= 15 is 0 Å². The van der Waals surface area contributed by atoms with E-state index in [0.717, 1.165) is 0 Å². The van der Waals surface area contributed by atoms with Gasteiger partial charge in [0.25, 0.3) is 0 Å². The molecule has 0 amide bonds. The second kappa shape index (κ2) is 6.29. The van der Waals surface area contributed by atoms with Crippen molar-refractivity contribution in [2.45, 2.75) is 11.8 Å². The van der Waals surface area contributed by atoms with Crippen molar-refractivity contribution < 1.29 is 13.0 Å². The van der Waals surface area contributed by atoms with Gasteiger partial charge in [-0.1, -0.05) is 18.2 Å². The van der Waals surface area contributed by atoms with Gasteiger partial charge in [0, 0.05) is 15.6 Å². The largest absolute Gasteiger partial charge is 0.353 e. The molecule has 1 aromatic rings. The SMILES string of the molecule is CSc1ccccc1C.O=S(=O)(O)Cl. The number of hydrogen-bond donors (Lipinski definition) is 1. The molecule has 80 valence electrons. The second-order valence-corrected chi connectivity index (χ2v) is 5.22. The number of hydrogen-bond acceptors (Lipinski definition) is 3. The monoisotopic (exact) mass is 254 g/mol. The Labute approximate surface area is 92.7 Å². The van der Waals surface area contributed by atoms with E-state index in [1.165, 1.54) is 10.5 Å². The minimum atomic E-state index is -4.19. The summed E-state index contributed by atoms with van der Waals surface area (Å²) in [4.78, 5) is 1.37. The molecule has 0 saturated heterocycles. The number of aryl methyl sites for hydroxylation is 1. The van der Waals surface area contributed by atoms with E-state index in [1.54, 1.807) is 11.8 Å². The minimum Gasteiger partial charge on any atom is -0.273 e. The standard InChI is InChI=1S/C8H10S.ClHO3S/c1-7-5-3-4-6-8(7)9-2;1-5(2,3)4/h3-6H,1-2H3;(H,2,3,4). The summed E-state index contributed by atoms with van der Waals surface area (Å²) in [5, 5.41) is 0. The molecule has 0 aliphatic carbocycles. The van der Waals surface area contributed by atoms with Crippen molar-refractivity contribution in [2.24, 2.45) is 0 Å². The molecule has 1 N–H and O–H groups in total. The Hall–Kier alpha value is -0.230. The van der Waals surface area contributed by atoms with Crippen LogP contribution in [0.4, 0.5) is 0 Å². The van der Waals surface area contributed by atoms with Crippen molar-refractivity contribution >= 4 is 31.8 Å². The Morgan fingerprint density at radius 3 is 2.07 bits per heavy atom. The lowest BCUT2D eigenvalue weighted by Crippen LogP contribution is -1.77. The van der Waals surface area contributed by atoms with E-state index < -0.39 is 9.33 Å². The molecule has 0 unspecified atom stereocenters. The molecule has 0 saturated carbocycles. The zero-order valence-corrected chi connectivity index (χ0v) is 10.2. The molecule has 0 bridgehead atoms. The fourth-order valence-electron chi connectivity index (χ4n) is 0.785. The van der Waals surface area contributed by atoms with Crippen molar-refractivity contribution in [2.75, 3.05) is 6.26 Å². The van der Waals surface area contributed by atoms with Crippen LogP contribution in [0.15, 0.2) is 29.2 Å². The minimum absolute atomic E-state index is 1.37. The van der Waals surface area contributed by atoms with E-state index in [-0.39, 0.29) is 0 Å². The van der Waals surface area contributed by atoms with Crippen LogP contribution in [-0.4, -0.2) is 19.2 Å². The van der Waals surface area contributed by atoms with Gasteiger partial charge in [-0.25, -0.2) is 0 Å². The van der Waals surface area contributed by atoms with Gasteiger partial charge in [-0.2, -0.15) is 8.42 Å². The molecule has 0 heterocycles. The highest BCUT2D eigenvalue weighted by atomic mass is 35.7. The van der Waals surface area contributed by atoms with E-state index in [4.69, 9.17) is 13.0 Å². The lowest BCUT2D eigenvalue weighted by Gasteiger charge is -1.97. The van der Waals surface area contributed by atoms with Crippen LogP contribution in [-0.2, 0) is 9.33 Å². The highest BCUT2D eigenvalue weighted by Gasteiger charge is 1.90. The van der Waals surface area contributed by atoms with E-state index in [0.29, 0.717) is 0 Å². The van der Waals surface area contributed by atoms with Crippen molar-refractivity contribution in [1.29, 1.82) is 0 Å². The van der Waals surface area contributed by atoms with Gasteiger partial charge in [0.15, 0.2) is 0 Å². The average Bonchev–Trinajstić information content (AvgIpc) is 2.02. The Bertz CT molecular complexity index is 368. The van der Waals surface area contributed by atoms with Gasteiger partial charge in [-0.05, 0) is 24.8 Å². The molecule has 6 heteroatoms. The molecule has 0 fully saturated rings. The van der Waals surface area contributed by atoms with Crippen LogP contribution in [0.2, 0.25) is 0 Å². The molecule has 0 atom stereocenters. The van der Waals surface area contributed by atoms with Crippen LogP contribution in [0.3, 0.4) is 0 Å². The van der Waals surface area contributed by atoms with E-state index in [2.05, 4.69) is 48.1 Å². The first-order valence-corrected chi connectivity index (χ1v) is 7.10. The van der Waals surface area contributed by atoms with Gasteiger partial charge in [-0.3, -0.25) is 4.55 Å². The molecule has 0 aliphatic rings. The van der Waals surface area contributed by atoms with Crippen molar-refractivity contribution in [3.05, 3.63) is 29.8 Å². The van der Waals surface area contributed by atoms with Gasteiger partial charge >= 0.3 is 9.33 Å². The molecular formula is C8H11ClO3S2. The molecule has 1 aromatic carbocycles. The first-order chi connectivity index (χ1) is 6.34. The maximum atomic E-state index is 8.95. The molecule has 0 aliphatic heterocycles. The second-order valence-electron chi connectivity index (χ2n) is 2.38. The van der Waals surface area contributed by atoms with Gasteiger partial charge in [0.05, 0.1) is 0 Å². The molecule has 3 nitrogen and oxygen atoms in total. The summed E-state index contributed by atoms with van der Waals surface area (Å²) in [5.41, 5.74) is 1.37. The first-order valence-electron chi connectivity index (χ1n) is 3.61. The van der Waals surface area contributed by atoms with Crippen LogP contribution >= 0.6 is 22.4 Å². The van der Waals surface area contributed by atoms with Gasteiger partial charge in [0.2, 0.25) is 0 Å². The highest BCUT2D eigenvalue weighted by Crippen LogP contribution is 2.17. The van der Waals surface area contributed by atoms with E-state index in [1.807, 2.05) is 0 Å². The van der Waals surface area contributed by atoms with E-state index in [9.17, 15) is 0 Å². The number of halogens is 1. The Kier molecular flexibility index (Phi) is 6.19. The molecule has 0 spiro atoms. The summed E-state index contributed by atoms with van der Waals surface area (Å²) in [6.07, 6.45) is 2.10. The summed E-state index contributed by atoms with van der Waals surface area (Å²) < 4.78 is 25.2. The fraction of sp³-hybridized carbons (Fsp3) is 0.250. The maximum Gasteiger partial charge on any atom is 0.353 e. The zero-order valence-electron chi connectivity index (χ0n) is 7.77. The number of rotatable bonds is 1. The third-order valence-electron chi connectivity index (χ3n) is 1.31. The molecule has 1 rings (SSSR count). The van der Waals surface area contributed by atoms with Crippen LogP contribution in [0.25, 0.3) is 0 Å². The van der Waals surface area contributed by atoms with Crippen molar-refractivity contribution in [3.63, 3.8) is 0 Å². The Morgan fingerprint density at radius 1 is 1.36 bits per heavy atom. The first kappa shape index (κ1) is 13.8. The molecule has 0 aromatic heterocycles. The quantitative estimate of drug-likeness (QED) is 0.476. The van der Waals surface area contributed by atoms with Crippen molar-refractivity contribution in [1.82, 2.24) is 0 Å². The van der Waals surface area contributed by atoms with Crippen LogP contribution in [0.5, 0.6) is 0 Å². The smallest absolute Gasteiger partial charge is 0.273 e. The van der Waals surface area contributed by atoms with Crippen LogP contribution in [0.1, 0.15) is 5.56 Å². The predicted octanol–water partition coefficient (Wildman–Crippen LogP) is 2.74. The van der Waals surface area contributed by atoms with Crippen molar-refractivity contribution in [3.8, 4) is 0 Å². The summed E-state index contributed by atoms with van der Waals surface area (Å²) in [7, 11) is -0.137. The molecule has 0 radical (unpaired) electrons. The summed E-state index contributed by atoms with van der Waals surface area (Å²) in [6, 6.07) is 8.40.